The molecule has 0 fully saturated rings. The first-order valence-electron chi connectivity index (χ1n) is 5.34. The Bertz CT molecular complexity index is 486. The van der Waals surface area contributed by atoms with Gasteiger partial charge >= 0.3 is 5.69 Å². The summed E-state index contributed by atoms with van der Waals surface area (Å²) < 4.78 is 0. The van der Waals surface area contributed by atoms with Gasteiger partial charge in [0.2, 0.25) is 5.82 Å². The van der Waals surface area contributed by atoms with Crippen molar-refractivity contribution < 1.29 is 4.92 Å². The van der Waals surface area contributed by atoms with Crippen LogP contribution in [0, 0.1) is 20.8 Å². The van der Waals surface area contributed by atoms with Crippen LogP contribution in [0.3, 0.4) is 0 Å². The molecule has 0 radical (unpaired) electrons. The molecule has 1 aromatic heterocycles. The van der Waals surface area contributed by atoms with E-state index in [-0.39, 0.29) is 22.6 Å². The smallest absolute Gasteiger partial charge is 0.344 e. The van der Waals surface area contributed by atoms with Crippen molar-refractivity contribution in [2.45, 2.75) is 31.8 Å². The van der Waals surface area contributed by atoms with Crippen molar-refractivity contribution >= 4 is 23.3 Å². The molecule has 0 aromatic carbocycles. The fraction of sp³-hybridized carbons (Fsp3) is 0.500. The fourth-order valence-corrected chi connectivity index (χ4v) is 2.05. The average molecular weight is 267 g/mol. The Kier molecular flexibility index (Phi) is 4.85. The number of thiocyanates is 1. The molecule has 96 valence electrons. The van der Waals surface area contributed by atoms with E-state index < -0.39 is 4.92 Å². The molecule has 0 amide bonds. The van der Waals surface area contributed by atoms with Gasteiger partial charge in [0.1, 0.15) is 11.7 Å². The highest BCUT2D eigenvalue weighted by atomic mass is 32.2. The SMILES string of the molecule is CCN(c1ncnc(SC#N)c1[N+](=O)[O-])C(C)C. The maximum atomic E-state index is 11.1. The Morgan fingerprint density at radius 3 is 2.72 bits per heavy atom. The van der Waals surface area contributed by atoms with Crippen LogP contribution in [-0.2, 0) is 0 Å². The van der Waals surface area contributed by atoms with Gasteiger partial charge in [-0.3, -0.25) is 10.1 Å². The van der Waals surface area contributed by atoms with E-state index in [1.54, 1.807) is 10.3 Å². The third-order valence-electron chi connectivity index (χ3n) is 2.33. The number of rotatable bonds is 5. The molecule has 0 bridgehead atoms. The summed E-state index contributed by atoms with van der Waals surface area (Å²) in [5.74, 6) is 0.255. The molecule has 0 aliphatic carbocycles. The number of thioether (sulfide) groups is 1. The number of hydrogen-bond acceptors (Lipinski definition) is 7. The molecule has 18 heavy (non-hydrogen) atoms. The molecule has 1 aromatic rings. The number of aromatic nitrogens is 2. The lowest BCUT2D eigenvalue weighted by atomic mass is 10.3. The highest BCUT2D eigenvalue weighted by Gasteiger charge is 2.27. The summed E-state index contributed by atoms with van der Waals surface area (Å²) >= 11 is 0.670. The van der Waals surface area contributed by atoms with Gasteiger partial charge < -0.3 is 4.90 Å². The Hall–Kier alpha value is -1.88. The van der Waals surface area contributed by atoms with Crippen LogP contribution in [0.5, 0.6) is 0 Å². The highest BCUT2D eigenvalue weighted by Crippen LogP contribution is 2.34. The van der Waals surface area contributed by atoms with Crippen molar-refractivity contribution in [2.75, 3.05) is 11.4 Å². The van der Waals surface area contributed by atoms with Crippen molar-refractivity contribution in [3.05, 3.63) is 16.4 Å². The minimum absolute atomic E-state index is 0.0727. The summed E-state index contributed by atoms with van der Waals surface area (Å²) in [7, 11) is 0. The predicted molar refractivity (Wildman–Crippen MR) is 68.3 cm³/mol. The molecular formula is C10H13N5O2S. The van der Waals surface area contributed by atoms with E-state index >= 15 is 0 Å². The lowest BCUT2D eigenvalue weighted by molar-refractivity contribution is -0.387. The van der Waals surface area contributed by atoms with Gasteiger partial charge in [0.25, 0.3) is 0 Å². The normalized spacial score (nSPS) is 10.2. The summed E-state index contributed by atoms with van der Waals surface area (Å²) in [5, 5.41) is 21.6. The lowest BCUT2D eigenvalue weighted by Crippen LogP contribution is -2.32. The molecular weight excluding hydrogens is 254 g/mol. The van der Waals surface area contributed by atoms with E-state index in [0.29, 0.717) is 18.3 Å². The summed E-state index contributed by atoms with van der Waals surface area (Å²) in [6.45, 7) is 6.33. The lowest BCUT2D eigenvalue weighted by Gasteiger charge is -2.25. The molecule has 7 nitrogen and oxygen atoms in total. The summed E-state index contributed by atoms with van der Waals surface area (Å²) in [6, 6.07) is 0.0727. The third-order valence-corrected chi connectivity index (χ3v) is 2.91. The highest BCUT2D eigenvalue weighted by molar-refractivity contribution is 8.03. The van der Waals surface area contributed by atoms with Crippen LogP contribution in [0.2, 0.25) is 0 Å². The van der Waals surface area contributed by atoms with E-state index in [9.17, 15) is 10.1 Å². The Morgan fingerprint density at radius 1 is 1.61 bits per heavy atom. The van der Waals surface area contributed by atoms with Crippen molar-refractivity contribution in [1.29, 1.82) is 5.26 Å². The summed E-state index contributed by atoms with van der Waals surface area (Å²) in [4.78, 5) is 20.2. The Labute approximate surface area is 109 Å². The van der Waals surface area contributed by atoms with E-state index in [2.05, 4.69) is 9.97 Å². The van der Waals surface area contributed by atoms with E-state index in [1.807, 2.05) is 20.8 Å². The monoisotopic (exact) mass is 267 g/mol. The van der Waals surface area contributed by atoms with Gasteiger partial charge in [-0.05, 0) is 20.8 Å². The maximum Gasteiger partial charge on any atom is 0.344 e. The second-order valence-corrected chi connectivity index (χ2v) is 4.45. The summed E-state index contributed by atoms with van der Waals surface area (Å²) in [6.07, 6.45) is 1.24. The van der Waals surface area contributed by atoms with Crippen LogP contribution < -0.4 is 4.90 Å². The van der Waals surface area contributed by atoms with Gasteiger partial charge in [-0.25, -0.2) is 9.97 Å². The van der Waals surface area contributed by atoms with Crippen LogP contribution in [0.4, 0.5) is 11.5 Å². The molecule has 0 saturated carbocycles. The molecule has 0 aliphatic rings. The number of nitro groups is 1. The quantitative estimate of drug-likeness (QED) is 0.265. The van der Waals surface area contributed by atoms with Crippen LogP contribution in [0.15, 0.2) is 11.4 Å². The van der Waals surface area contributed by atoms with Gasteiger partial charge in [-0.1, -0.05) is 0 Å². The second kappa shape index (κ2) is 6.16. The number of nitriles is 1. The van der Waals surface area contributed by atoms with Crippen LogP contribution in [0.25, 0.3) is 0 Å². The van der Waals surface area contributed by atoms with Gasteiger partial charge in [0, 0.05) is 24.3 Å². The van der Waals surface area contributed by atoms with E-state index in [1.165, 1.54) is 6.33 Å². The Balaban J connectivity index is 3.39. The van der Waals surface area contributed by atoms with Gasteiger partial charge in [-0.15, -0.1) is 0 Å². The van der Waals surface area contributed by atoms with Gasteiger partial charge in [0.15, 0.2) is 5.03 Å². The molecule has 1 heterocycles. The topological polar surface area (TPSA) is 96.0 Å². The number of anilines is 1. The zero-order valence-corrected chi connectivity index (χ0v) is 11.1. The maximum absolute atomic E-state index is 11.1. The largest absolute Gasteiger partial charge is 0.349 e. The van der Waals surface area contributed by atoms with Crippen LogP contribution >= 0.6 is 11.8 Å². The first kappa shape index (κ1) is 14.2. The average Bonchev–Trinajstić information content (AvgIpc) is 2.29. The predicted octanol–water partition coefficient (Wildman–Crippen LogP) is 2.19. The molecule has 0 N–H and O–H groups in total. The van der Waals surface area contributed by atoms with E-state index in [4.69, 9.17) is 5.26 Å². The molecule has 1 rings (SSSR count). The standard InChI is InChI=1S/C10H13N5O2S/c1-4-14(7(2)3)9-8(15(16)17)10(18-5-11)13-6-12-9/h6-7H,4H2,1-3H3. The third kappa shape index (κ3) is 2.87. The van der Waals surface area contributed by atoms with Gasteiger partial charge in [-0.2, -0.15) is 5.26 Å². The molecule has 0 unspecified atom stereocenters. The van der Waals surface area contributed by atoms with Crippen molar-refractivity contribution in [2.24, 2.45) is 0 Å². The van der Waals surface area contributed by atoms with Crippen molar-refractivity contribution in [3.63, 3.8) is 0 Å². The zero-order chi connectivity index (χ0) is 13.7. The van der Waals surface area contributed by atoms with Crippen LogP contribution in [-0.4, -0.2) is 27.5 Å². The van der Waals surface area contributed by atoms with Crippen molar-refractivity contribution in [3.8, 4) is 5.40 Å². The zero-order valence-electron chi connectivity index (χ0n) is 10.3. The van der Waals surface area contributed by atoms with E-state index in [0.717, 1.165) is 0 Å². The molecule has 0 aliphatic heterocycles. The number of nitrogens with zero attached hydrogens (tertiary/aromatic N) is 5. The molecule has 0 atom stereocenters. The minimum Gasteiger partial charge on any atom is -0.349 e. The molecule has 8 heteroatoms. The first-order valence-corrected chi connectivity index (χ1v) is 6.16. The first-order chi connectivity index (χ1) is 8.52. The summed E-state index contributed by atoms with van der Waals surface area (Å²) in [5.41, 5.74) is -0.209. The Morgan fingerprint density at radius 2 is 2.28 bits per heavy atom. The molecule has 0 spiro atoms. The fourth-order valence-electron chi connectivity index (χ4n) is 1.60. The second-order valence-electron chi connectivity index (χ2n) is 3.68. The van der Waals surface area contributed by atoms with Gasteiger partial charge in [0.05, 0.1) is 4.92 Å². The van der Waals surface area contributed by atoms with Crippen molar-refractivity contribution in [1.82, 2.24) is 9.97 Å². The minimum atomic E-state index is -0.542. The van der Waals surface area contributed by atoms with Crippen LogP contribution in [0.1, 0.15) is 20.8 Å². The molecule has 0 saturated heterocycles. The number of hydrogen-bond donors (Lipinski definition) is 0.